The molecule has 0 unspecified atom stereocenters. The molecule has 0 spiro atoms. The van der Waals surface area contributed by atoms with Crippen molar-refractivity contribution in [1.29, 1.82) is 0 Å². The number of thiazole rings is 1. The normalized spacial score (nSPS) is 11.2. The summed E-state index contributed by atoms with van der Waals surface area (Å²) >= 11 is 7.36. The van der Waals surface area contributed by atoms with E-state index in [1.54, 1.807) is 11.3 Å². The molecule has 1 aromatic heterocycles. The summed E-state index contributed by atoms with van der Waals surface area (Å²) in [5.41, 5.74) is 3.13. The van der Waals surface area contributed by atoms with Crippen LogP contribution >= 0.6 is 22.9 Å². The maximum atomic E-state index is 9.02. The Morgan fingerprint density at radius 2 is 1.76 bits per heavy atom. The van der Waals surface area contributed by atoms with Gasteiger partial charge in [0, 0.05) is 30.6 Å². The molecule has 4 nitrogen and oxygen atoms in total. The van der Waals surface area contributed by atoms with Crippen molar-refractivity contribution in [2.45, 2.75) is 12.4 Å². The third-order valence-corrected chi connectivity index (χ3v) is 4.34. The molecule has 2 rings (SSSR count). The highest BCUT2D eigenvalue weighted by Gasteiger charge is 2.07. The lowest BCUT2D eigenvalue weighted by molar-refractivity contribution is 0.156. The molecule has 0 fully saturated rings. The molecule has 114 valence electrons. The number of hydrogen-bond donors (Lipinski definition) is 2. The zero-order valence-electron chi connectivity index (χ0n) is 11.7. The van der Waals surface area contributed by atoms with Gasteiger partial charge in [-0.15, -0.1) is 22.9 Å². The standard InChI is InChI=1S/C15H19ClN2O2S/c16-9-14-11-21-15(17-14)13-3-1-12(2-4-13)10-18(5-7-19)6-8-20/h1-4,11,19-20H,5-10H2. The van der Waals surface area contributed by atoms with E-state index in [4.69, 9.17) is 21.8 Å². The number of hydrogen-bond acceptors (Lipinski definition) is 5. The zero-order chi connectivity index (χ0) is 15.1. The SMILES string of the molecule is OCCN(CCO)Cc1ccc(-c2nc(CCl)cs2)cc1. The van der Waals surface area contributed by atoms with Gasteiger partial charge in [-0.1, -0.05) is 24.3 Å². The first-order chi connectivity index (χ1) is 10.3. The lowest BCUT2D eigenvalue weighted by Gasteiger charge is -2.20. The van der Waals surface area contributed by atoms with E-state index in [2.05, 4.69) is 17.1 Å². The van der Waals surface area contributed by atoms with Gasteiger partial charge in [-0.2, -0.15) is 0 Å². The molecule has 0 aliphatic rings. The van der Waals surface area contributed by atoms with Crippen LogP contribution in [0.4, 0.5) is 0 Å². The predicted octanol–water partition coefficient (Wildman–Crippen LogP) is 2.34. The Bertz CT molecular complexity index is 539. The summed E-state index contributed by atoms with van der Waals surface area (Å²) in [6, 6.07) is 8.20. The lowest BCUT2D eigenvalue weighted by Crippen LogP contribution is -2.29. The van der Waals surface area contributed by atoms with Crippen molar-refractivity contribution in [1.82, 2.24) is 9.88 Å². The molecule has 1 heterocycles. The van der Waals surface area contributed by atoms with Crippen LogP contribution in [0, 0.1) is 0 Å². The van der Waals surface area contributed by atoms with Crippen molar-refractivity contribution in [3.63, 3.8) is 0 Å². The number of rotatable bonds is 8. The molecule has 21 heavy (non-hydrogen) atoms. The van der Waals surface area contributed by atoms with Gasteiger partial charge in [0.1, 0.15) is 5.01 Å². The third-order valence-electron chi connectivity index (χ3n) is 3.13. The highest BCUT2D eigenvalue weighted by atomic mass is 35.5. The third kappa shape index (κ3) is 4.76. The molecule has 0 radical (unpaired) electrons. The van der Waals surface area contributed by atoms with Gasteiger partial charge in [0.2, 0.25) is 0 Å². The Morgan fingerprint density at radius 1 is 1.10 bits per heavy atom. The van der Waals surface area contributed by atoms with Gasteiger partial charge in [0.25, 0.3) is 0 Å². The summed E-state index contributed by atoms with van der Waals surface area (Å²) in [7, 11) is 0. The first-order valence-corrected chi connectivity index (χ1v) is 8.22. The van der Waals surface area contributed by atoms with Gasteiger partial charge in [-0.05, 0) is 5.56 Å². The molecule has 0 aliphatic carbocycles. The lowest BCUT2D eigenvalue weighted by atomic mass is 10.1. The summed E-state index contributed by atoms with van der Waals surface area (Å²) in [5.74, 6) is 0.436. The van der Waals surface area contributed by atoms with Crippen molar-refractivity contribution < 1.29 is 10.2 Å². The maximum absolute atomic E-state index is 9.02. The molecule has 2 N–H and O–H groups in total. The number of benzene rings is 1. The zero-order valence-corrected chi connectivity index (χ0v) is 13.3. The highest BCUT2D eigenvalue weighted by molar-refractivity contribution is 7.13. The van der Waals surface area contributed by atoms with Gasteiger partial charge >= 0.3 is 0 Å². The van der Waals surface area contributed by atoms with Crippen LogP contribution in [-0.2, 0) is 12.4 Å². The summed E-state index contributed by atoms with van der Waals surface area (Å²) in [6.07, 6.45) is 0. The Balaban J connectivity index is 2.03. The monoisotopic (exact) mass is 326 g/mol. The van der Waals surface area contributed by atoms with Crippen LogP contribution in [0.5, 0.6) is 0 Å². The van der Waals surface area contributed by atoms with Crippen LogP contribution in [0.2, 0.25) is 0 Å². The van der Waals surface area contributed by atoms with E-state index in [0.717, 1.165) is 21.8 Å². The second-order valence-corrected chi connectivity index (χ2v) is 5.82. The second-order valence-electron chi connectivity index (χ2n) is 4.70. The van der Waals surface area contributed by atoms with Gasteiger partial charge in [0.15, 0.2) is 0 Å². The first kappa shape index (κ1) is 16.4. The molecule has 0 saturated heterocycles. The van der Waals surface area contributed by atoms with Gasteiger partial charge in [0.05, 0.1) is 24.8 Å². The largest absolute Gasteiger partial charge is 0.395 e. The predicted molar refractivity (Wildman–Crippen MR) is 86.6 cm³/mol. The fraction of sp³-hybridized carbons (Fsp3) is 0.400. The average molecular weight is 327 g/mol. The van der Waals surface area contributed by atoms with Crippen molar-refractivity contribution in [2.24, 2.45) is 0 Å². The number of alkyl halides is 1. The Morgan fingerprint density at radius 3 is 2.29 bits per heavy atom. The van der Waals surface area contributed by atoms with Crippen molar-refractivity contribution in [3.8, 4) is 10.6 Å². The Labute approximate surface area is 133 Å². The first-order valence-electron chi connectivity index (χ1n) is 6.80. The Kier molecular flexibility index (Phi) is 6.60. The number of aliphatic hydroxyl groups is 2. The molecule has 0 aliphatic heterocycles. The molecule has 0 saturated carbocycles. The molecule has 6 heteroatoms. The van der Waals surface area contributed by atoms with Crippen LogP contribution in [0.15, 0.2) is 29.6 Å². The number of aliphatic hydroxyl groups excluding tert-OH is 2. The molecule has 0 atom stereocenters. The summed E-state index contributed by atoms with van der Waals surface area (Å²) < 4.78 is 0. The summed E-state index contributed by atoms with van der Waals surface area (Å²) in [5, 5.41) is 21.0. The molecule has 0 bridgehead atoms. The van der Waals surface area contributed by atoms with E-state index in [-0.39, 0.29) is 13.2 Å². The van der Waals surface area contributed by atoms with E-state index >= 15 is 0 Å². The van der Waals surface area contributed by atoms with E-state index < -0.39 is 0 Å². The minimum absolute atomic E-state index is 0.0956. The smallest absolute Gasteiger partial charge is 0.123 e. The fourth-order valence-corrected chi connectivity index (χ4v) is 3.12. The number of halogens is 1. The van der Waals surface area contributed by atoms with Crippen LogP contribution in [0.3, 0.4) is 0 Å². The molecule has 0 amide bonds. The molecule has 2 aromatic rings. The van der Waals surface area contributed by atoms with Crippen LogP contribution in [0.25, 0.3) is 10.6 Å². The number of aromatic nitrogens is 1. The van der Waals surface area contributed by atoms with E-state index in [1.165, 1.54) is 0 Å². The fourth-order valence-electron chi connectivity index (χ4n) is 2.06. The summed E-state index contributed by atoms with van der Waals surface area (Å²) in [4.78, 5) is 6.48. The van der Waals surface area contributed by atoms with Gasteiger partial charge in [-0.25, -0.2) is 4.98 Å². The summed E-state index contributed by atoms with van der Waals surface area (Å²) in [6.45, 7) is 2.03. The van der Waals surface area contributed by atoms with Crippen molar-refractivity contribution in [3.05, 3.63) is 40.9 Å². The van der Waals surface area contributed by atoms with E-state index in [0.29, 0.717) is 25.5 Å². The minimum Gasteiger partial charge on any atom is -0.395 e. The Hall–Kier alpha value is -0.980. The van der Waals surface area contributed by atoms with Crippen molar-refractivity contribution >= 4 is 22.9 Å². The van der Waals surface area contributed by atoms with Gasteiger partial charge < -0.3 is 10.2 Å². The topological polar surface area (TPSA) is 56.6 Å². The van der Waals surface area contributed by atoms with Crippen LogP contribution in [0.1, 0.15) is 11.3 Å². The average Bonchev–Trinajstić information content (AvgIpc) is 2.97. The van der Waals surface area contributed by atoms with Gasteiger partial charge in [-0.3, -0.25) is 4.90 Å². The van der Waals surface area contributed by atoms with Crippen LogP contribution < -0.4 is 0 Å². The van der Waals surface area contributed by atoms with Crippen LogP contribution in [-0.4, -0.2) is 46.4 Å². The highest BCUT2D eigenvalue weighted by Crippen LogP contribution is 2.24. The minimum atomic E-state index is 0.0956. The molecular weight excluding hydrogens is 308 g/mol. The molecular formula is C15H19ClN2O2S. The molecule has 1 aromatic carbocycles. The second kappa shape index (κ2) is 8.46. The van der Waals surface area contributed by atoms with Crippen molar-refractivity contribution in [2.75, 3.05) is 26.3 Å². The number of nitrogens with zero attached hydrogens (tertiary/aromatic N) is 2. The van der Waals surface area contributed by atoms with E-state index in [1.807, 2.05) is 22.4 Å². The van der Waals surface area contributed by atoms with E-state index in [9.17, 15) is 0 Å². The quantitative estimate of drug-likeness (QED) is 0.731. The maximum Gasteiger partial charge on any atom is 0.123 e.